The zero-order chi connectivity index (χ0) is 18.1. The lowest BCUT2D eigenvalue weighted by Crippen LogP contribution is -2.45. The molecule has 0 unspecified atom stereocenters. The average Bonchev–Trinajstić information content (AvgIpc) is 2.74. The van der Waals surface area contributed by atoms with E-state index in [1.807, 2.05) is 24.5 Å². The molecule has 2 aromatic carbocycles. The molecule has 0 saturated carbocycles. The summed E-state index contributed by atoms with van der Waals surface area (Å²) in [7, 11) is 0. The largest absolute Gasteiger partial charge is 0.314 e. The molecule has 3 heterocycles. The van der Waals surface area contributed by atoms with Gasteiger partial charge in [0.25, 0.3) is 0 Å². The third-order valence-corrected chi connectivity index (χ3v) is 5.40. The smallest absolute Gasteiger partial charge is 0.0702 e. The lowest BCUT2D eigenvalue weighted by Gasteiger charge is -2.35. The summed E-state index contributed by atoms with van der Waals surface area (Å²) in [6.07, 6.45) is 3.71. The lowest BCUT2D eigenvalue weighted by atomic mass is 9.94. The number of pyridine rings is 2. The fraction of sp³-hybridized carbons (Fsp3) is 0.217. The highest BCUT2D eigenvalue weighted by Gasteiger charge is 2.24. The molecule has 27 heavy (non-hydrogen) atoms. The SMILES string of the molecule is c1cnc2ccc(C(c3ccc4ncccc4c3)N3CCNCC3)cc2c1. The van der Waals surface area contributed by atoms with Crippen LogP contribution >= 0.6 is 0 Å². The van der Waals surface area contributed by atoms with E-state index in [0.717, 1.165) is 37.2 Å². The molecule has 1 fully saturated rings. The molecule has 1 aliphatic rings. The van der Waals surface area contributed by atoms with Crippen LogP contribution in [0.3, 0.4) is 0 Å². The van der Waals surface area contributed by atoms with Crippen molar-refractivity contribution in [3.63, 3.8) is 0 Å². The number of nitrogens with one attached hydrogen (secondary N) is 1. The standard InChI is InChI=1S/C23H22N4/c1-3-17-15-19(5-7-21(17)25-9-1)23(27-13-11-24-12-14-27)20-6-8-22-18(16-20)4-2-10-26-22/h1-10,15-16,23-24H,11-14H2. The van der Waals surface area contributed by atoms with Gasteiger partial charge in [-0.2, -0.15) is 0 Å². The minimum atomic E-state index is 0.237. The molecule has 2 aromatic heterocycles. The first-order chi connectivity index (χ1) is 13.4. The fourth-order valence-corrected chi connectivity index (χ4v) is 4.08. The van der Waals surface area contributed by atoms with Gasteiger partial charge in [-0.05, 0) is 47.5 Å². The Bertz CT molecular complexity index is 1010. The lowest BCUT2D eigenvalue weighted by molar-refractivity contribution is 0.198. The molecule has 4 heteroatoms. The highest BCUT2D eigenvalue weighted by molar-refractivity contribution is 5.81. The minimum Gasteiger partial charge on any atom is -0.314 e. The van der Waals surface area contributed by atoms with Crippen molar-refractivity contribution in [2.45, 2.75) is 6.04 Å². The molecule has 0 spiro atoms. The molecule has 0 aliphatic carbocycles. The minimum absolute atomic E-state index is 0.237. The van der Waals surface area contributed by atoms with Crippen LogP contribution in [0.4, 0.5) is 0 Å². The van der Waals surface area contributed by atoms with Crippen molar-refractivity contribution in [3.8, 4) is 0 Å². The predicted molar refractivity (Wildman–Crippen MR) is 110 cm³/mol. The summed E-state index contributed by atoms with van der Waals surface area (Å²) >= 11 is 0. The number of hydrogen-bond acceptors (Lipinski definition) is 4. The zero-order valence-corrected chi connectivity index (χ0v) is 15.2. The summed E-state index contributed by atoms with van der Waals surface area (Å²) in [6, 6.07) is 21.9. The van der Waals surface area contributed by atoms with Gasteiger partial charge in [0.2, 0.25) is 0 Å². The normalized spacial score (nSPS) is 15.6. The van der Waals surface area contributed by atoms with Crippen LogP contribution in [-0.4, -0.2) is 41.0 Å². The number of hydrogen-bond donors (Lipinski definition) is 1. The molecule has 1 N–H and O–H groups in total. The third kappa shape index (κ3) is 3.18. The number of nitrogens with zero attached hydrogens (tertiary/aromatic N) is 3. The van der Waals surface area contributed by atoms with Crippen LogP contribution in [0, 0.1) is 0 Å². The van der Waals surface area contributed by atoms with Gasteiger partial charge in [-0.3, -0.25) is 14.9 Å². The molecule has 1 aliphatic heterocycles. The van der Waals surface area contributed by atoms with Gasteiger partial charge in [0.15, 0.2) is 0 Å². The molecule has 0 atom stereocenters. The third-order valence-electron chi connectivity index (χ3n) is 5.40. The van der Waals surface area contributed by atoms with Crippen LogP contribution in [0.2, 0.25) is 0 Å². The van der Waals surface area contributed by atoms with Gasteiger partial charge in [-0.15, -0.1) is 0 Å². The second kappa shape index (κ2) is 7.06. The van der Waals surface area contributed by atoms with E-state index in [0.29, 0.717) is 0 Å². The first kappa shape index (κ1) is 16.4. The van der Waals surface area contributed by atoms with E-state index in [4.69, 9.17) is 0 Å². The topological polar surface area (TPSA) is 41.1 Å². The summed E-state index contributed by atoms with van der Waals surface area (Å²) in [6.45, 7) is 4.14. The molecule has 0 amide bonds. The Kier molecular flexibility index (Phi) is 4.28. The van der Waals surface area contributed by atoms with Crippen LogP contribution in [0.25, 0.3) is 21.8 Å². The van der Waals surface area contributed by atoms with E-state index in [2.05, 4.69) is 68.7 Å². The van der Waals surface area contributed by atoms with Gasteiger partial charge in [-0.25, -0.2) is 0 Å². The van der Waals surface area contributed by atoms with Crippen LogP contribution in [0.15, 0.2) is 73.1 Å². The van der Waals surface area contributed by atoms with Gasteiger partial charge in [0, 0.05) is 49.3 Å². The average molecular weight is 354 g/mol. The van der Waals surface area contributed by atoms with E-state index in [-0.39, 0.29) is 6.04 Å². The van der Waals surface area contributed by atoms with E-state index in [9.17, 15) is 0 Å². The maximum absolute atomic E-state index is 4.48. The summed E-state index contributed by atoms with van der Waals surface area (Å²) in [5, 5.41) is 5.85. The van der Waals surface area contributed by atoms with Crippen LogP contribution in [0.5, 0.6) is 0 Å². The highest BCUT2D eigenvalue weighted by Crippen LogP contribution is 2.32. The number of benzene rings is 2. The summed E-state index contributed by atoms with van der Waals surface area (Å²) < 4.78 is 0. The predicted octanol–water partition coefficient (Wildman–Crippen LogP) is 3.78. The Labute approximate surface area is 158 Å². The molecule has 0 bridgehead atoms. The Morgan fingerprint density at radius 3 is 1.85 bits per heavy atom. The van der Waals surface area contributed by atoms with Crippen molar-refractivity contribution in [2.75, 3.05) is 26.2 Å². The second-order valence-corrected chi connectivity index (χ2v) is 7.10. The van der Waals surface area contributed by atoms with E-state index in [1.54, 1.807) is 0 Å². The van der Waals surface area contributed by atoms with Crippen molar-refractivity contribution in [2.24, 2.45) is 0 Å². The molecule has 0 radical (unpaired) electrons. The molecule has 1 saturated heterocycles. The van der Waals surface area contributed by atoms with Crippen molar-refractivity contribution in [3.05, 3.63) is 84.2 Å². The first-order valence-electron chi connectivity index (χ1n) is 9.53. The fourth-order valence-electron chi connectivity index (χ4n) is 4.08. The maximum atomic E-state index is 4.48. The molecule has 4 nitrogen and oxygen atoms in total. The van der Waals surface area contributed by atoms with E-state index < -0.39 is 0 Å². The Morgan fingerprint density at radius 2 is 1.30 bits per heavy atom. The second-order valence-electron chi connectivity index (χ2n) is 7.10. The molecular formula is C23H22N4. The molecular weight excluding hydrogens is 332 g/mol. The Hall–Kier alpha value is -2.82. The first-order valence-corrected chi connectivity index (χ1v) is 9.53. The van der Waals surface area contributed by atoms with E-state index >= 15 is 0 Å². The van der Waals surface area contributed by atoms with E-state index in [1.165, 1.54) is 21.9 Å². The Morgan fingerprint density at radius 1 is 0.741 bits per heavy atom. The molecule has 134 valence electrons. The van der Waals surface area contributed by atoms with Crippen LogP contribution in [0.1, 0.15) is 17.2 Å². The number of piperazine rings is 1. The quantitative estimate of drug-likeness (QED) is 0.608. The van der Waals surface area contributed by atoms with Gasteiger partial charge < -0.3 is 5.32 Å². The van der Waals surface area contributed by atoms with Gasteiger partial charge >= 0.3 is 0 Å². The van der Waals surface area contributed by atoms with Gasteiger partial charge in [-0.1, -0.05) is 24.3 Å². The maximum Gasteiger partial charge on any atom is 0.0702 e. The van der Waals surface area contributed by atoms with Crippen molar-refractivity contribution in [1.82, 2.24) is 20.2 Å². The zero-order valence-electron chi connectivity index (χ0n) is 15.2. The monoisotopic (exact) mass is 354 g/mol. The van der Waals surface area contributed by atoms with Crippen LogP contribution in [-0.2, 0) is 0 Å². The van der Waals surface area contributed by atoms with Gasteiger partial charge in [0.1, 0.15) is 0 Å². The molecule has 4 aromatic rings. The Balaban J connectivity index is 1.64. The van der Waals surface area contributed by atoms with Crippen molar-refractivity contribution < 1.29 is 0 Å². The summed E-state index contributed by atoms with van der Waals surface area (Å²) in [4.78, 5) is 11.5. The van der Waals surface area contributed by atoms with Crippen molar-refractivity contribution >= 4 is 21.8 Å². The van der Waals surface area contributed by atoms with Gasteiger partial charge in [0.05, 0.1) is 17.1 Å². The summed E-state index contributed by atoms with van der Waals surface area (Å²) in [5.41, 5.74) is 4.73. The highest BCUT2D eigenvalue weighted by atomic mass is 15.2. The van der Waals surface area contributed by atoms with Crippen LogP contribution < -0.4 is 5.32 Å². The molecule has 5 rings (SSSR count). The number of rotatable bonds is 3. The number of aromatic nitrogens is 2. The summed E-state index contributed by atoms with van der Waals surface area (Å²) in [5.74, 6) is 0. The van der Waals surface area contributed by atoms with Crippen molar-refractivity contribution in [1.29, 1.82) is 0 Å². The number of fused-ring (bicyclic) bond motifs is 2.